The van der Waals surface area contributed by atoms with Crippen LogP contribution >= 0.6 is 0 Å². The van der Waals surface area contributed by atoms with Gasteiger partial charge in [-0.1, -0.05) is 0 Å². The summed E-state index contributed by atoms with van der Waals surface area (Å²) >= 11 is 0. The molecule has 1 aliphatic carbocycles. The lowest BCUT2D eigenvalue weighted by molar-refractivity contribution is -0.121. The molecule has 1 aromatic heterocycles. The largest absolute Gasteiger partial charge is 0.397 e. The molecule has 0 saturated heterocycles. The van der Waals surface area contributed by atoms with Gasteiger partial charge in [0.2, 0.25) is 5.91 Å². The highest BCUT2D eigenvalue weighted by Gasteiger charge is 2.22. The molecule has 0 radical (unpaired) electrons. The second-order valence-electron chi connectivity index (χ2n) is 5.47. The number of nitrogens with zero attached hydrogens (tertiary/aromatic N) is 1. The molecule has 1 heterocycles. The van der Waals surface area contributed by atoms with E-state index in [1.165, 1.54) is 0 Å². The number of pyridine rings is 1. The third-order valence-electron chi connectivity index (χ3n) is 3.64. The topological polar surface area (TPSA) is 80.0 Å². The SMILES string of the molecule is Nc1ccc(NCCCC(=O)NC2CC2)c2cccnc12. The zero-order valence-electron chi connectivity index (χ0n) is 11.9. The second-order valence-corrected chi connectivity index (χ2v) is 5.47. The Bertz CT molecular complexity index is 652. The molecule has 1 saturated carbocycles. The maximum absolute atomic E-state index is 11.6. The number of fused-ring (bicyclic) bond motifs is 1. The predicted molar refractivity (Wildman–Crippen MR) is 85.0 cm³/mol. The standard InChI is InChI=1S/C16H20N4O/c17-13-7-8-14(12-3-1-10-19-16(12)13)18-9-2-4-15(21)20-11-5-6-11/h1,3,7-8,10-11,18H,2,4-6,9,17H2,(H,20,21). The first-order chi connectivity index (χ1) is 10.2. The van der Waals surface area contributed by atoms with Crippen LogP contribution in [0.15, 0.2) is 30.5 Å². The van der Waals surface area contributed by atoms with E-state index in [2.05, 4.69) is 15.6 Å². The number of aromatic nitrogens is 1. The molecule has 0 spiro atoms. The van der Waals surface area contributed by atoms with Gasteiger partial charge in [0.1, 0.15) is 0 Å². The third kappa shape index (κ3) is 3.42. The second kappa shape index (κ2) is 5.99. The lowest BCUT2D eigenvalue weighted by Gasteiger charge is -2.10. The number of carbonyl (C=O) groups is 1. The summed E-state index contributed by atoms with van der Waals surface area (Å²) < 4.78 is 0. The van der Waals surface area contributed by atoms with Crippen LogP contribution in [0.3, 0.4) is 0 Å². The van der Waals surface area contributed by atoms with Crippen molar-refractivity contribution in [3.8, 4) is 0 Å². The Morgan fingerprint density at radius 2 is 2.19 bits per heavy atom. The van der Waals surface area contributed by atoms with Gasteiger partial charge in [0.15, 0.2) is 0 Å². The fraction of sp³-hybridized carbons (Fsp3) is 0.375. The number of amides is 1. The van der Waals surface area contributed by atoms with Crippen LogP contribution in [-0.2, 0) is 4.79 Å². The van der Waals surface area contributed by atoms with E-state index in [0.717, 1.165) is 42.4 Å². The minimum atomic E-state index is 0.156. The maximum atomic E-state index is 11.6. The molecular weight excluding hydrogens is 264 g/mol. The Morgan fingerprint density at radius 3 is 3.00 bits per heavy atom. The van der Waals surface area contributed by atoms with E-state index in [4.69, 9.17) is 5.73 Å². The number of nitrogen functional groups attached to an aromatic ring is 1. The molecule has 1 aliphatic rings. The first-order valence-corrected chi connectivity index (χ1v) is 7.40. The summed E-state index contributed by atoms with van der Waals surface area (Å²) in [7, 11) is 0. The first-order valence-electron chi connectivity index (χ1n) is 7.40. The van der Waals surface area contributed by atoms with Crippen molar-refractivity contribution in [3.63, 3.8) is 0 Å². The van der Waals surface area contributed by atoms with Crippen molar-refractivity contribution in [1.29, 1.82) is 0 Å². The lowest BCUT2D eigenvalue weighted by atomic mass is 10.1. The van der Waals surface area contributed by atoms with E-state index in [9.17, 15) is 4.79 Å². The molecule has 0 atom stereocenters. The summed E-state index contributed by atoms with van der Waals surface area (Å²) in [6, 6.07) is 8.16. The van der Waals surface area contributed by atoms with Crippen LogP contribution in [0.2, 0.25) is 0 Å². The molecule has 21 heavy (non-hydrogen) atoms. The summed E-state index contributed by atoms with van der Waals surface area (Å²) in [5.74, 6) is 0.156. The van der Waals surface area contributed by atoms with E-state index in [1.807, 2.05) is 24.3 Å². The molecule has 5 heteroatoms. The van der Waals surface area contributed by atoms with E-state index >= 15 is 0 Å². The Morgan fingerprint density at radius 1 is 1.33 bits per heavy atom. The summed E-state index contributed by atoms with van der Waals surface area (Å²) in [5.41, 5.74) is 8.43. The summed E-state index contributed by atoms with van der Waals surface area (Å²) in [5, 5.41) is 7.37. The lowest BCUT2D eigenvalue weighted by Crippen LogP contribution is -2.25. The summed E-state index contributed by atoms with van der Waals surface area (Å²) in [6.45, 7) is 0.756. The van der Waals surface area contributed by atoms with Gasteiger partial charge in [0.25, 0.3) is 0 Å². The van der Waals surface area contributed by atoms with Gasteiger partial charge in [-0.05, 0) is 43.5 Å². The highest BCUT2D eigenvalue weighted by atomic mass is 16.1. The average molecular weight is 284 g/mol. The molecule has 3 rings (SSSR count). The Kier molecular flexibility index (Phi) is 3.90. The number of anilines is 2. The summed E-state index contributed by atoms with van der Waals surface area (Å²) in [4.78, 5) is 15.9. The van der Waals surface area contributed by atoms with Crippen LogP contribution in [0.25, 0.3) is 10.9 Å². The molecule has 1 aromatic carbocycles. The number of benzene rings is 1. The minimum absolute atomic E-state index is 0.156. The normalized spacial score (nSPS) is 14.1. The van der Waals surface area contributed by atoms with E-state index in [1.54, 1.807) is 6.20 Å². The molecule has 5 nitrogen and oxygen atoms in total. The Labute approximate surface area is 123 Å². The predicted octanol–water partition coefficient (Wildman–Crippen LogP) is 2.29. The number of hydrogen-bond acceptors (Lipinski definition) is 4. The summed E-state index contributed by atoms with van der Waals surface area (Å²) in [6.07, 6.45) is 5.38. The van der Waals surface area contributed by atoms with Crippen LogP contribution in [0.4, 0.5) is 11.4 Å². The van der Waals surface area contributed by atoms with Gasteiger partial charge >= 0.3 is 0 Å². The van der Waals surface area contributed by atoms with Crippen LogP contribution in [0.1, 0.15) is 25.7 Å². The van der Waals surface area contributed by atoms with Gasteiger partial charge in [-0.15, -0.1) is 0 Å². The van der Waals surface area contributed by atoms with E-state index in [0.29, 0.717) is 18.2 Å². The third-order valence-corrected chi connectivity index (χ3v) is 3.64. The minimum Gasteiger partial charge on any atom is -0.397 e. The molecule has 110 valence electrons. The zero-order chi connectivity index (χ0) is 14.7. The van der Waals surface area contributed by atoms with Gasteiger partial charge in [-0.3, -0.25) is 9.78 Å². The van der Waals surface area contributed by atoms with Crippen LogP contribution < -0.4 is 16.4 Å². The molecule has 0 aliphatic heterocycles. The highest BCUT2D eigenvalue weighted by Crippen LogP contribution is 2.26. The van der Waals surface area contributed by atoms with Crippen LogP contribution in [0, 0.1) is 0 Å². The molecular formula is C16H20N4O. The van der Waals surface area contributed by atoms with Crippen molar-refractivity contribution in [3.05, 3.63) is 30.5 Å². The van der Waals surface area contributed by atoms with Gasteiger partial charge in [-0.25, -0.2) is 0 Å². The van der Waals surface area contributed by atoms with Crippen molar-refractivity contribution >= 4 is 28.2 Å². The number of rotatable bonds is 6. The average Bonchev–Trinajstić information content (AvgIpc) is 3.30. The molecule has 0 bridgehead atoms. The fourth-order valence-electron chi connectivity index (χ4n) is 2.35. The van der Waals surface area contributed by atoms with Crippen molar-refractivity contribution in [1.82, 2.24) is 10.3 Å². The van der Waals surface area contributed by atoms with Crippen LogP contribution in [0.5, 0.6) is 0 Å². The van der Waals surface area contributed by atoms with E-state index < -0.39 is 0 Å². The van der Waals surface area contributed by atoms with Crippen molar-refractivity contribution in [2.24, 2.45) is 0 Å². The zero-order valence-corrected chi connectivity index (χ0v) is 11.9. The van der Waals surface area contributed by atoms with Crippen molar-refractivity contribution in [2.45, 2.75) is 31.7 Å². The van der Waals surface area contributed by atoms with Crippen molar-refractivity contribution in [2.75, 3.05) is 17.6 Å². The van der Waals surface area contributed by atoms with Crippen molar-refractivity contribution < 1.29 is 4.79 Å². The van der Waals surface area contributed by atoms with Gasteiger partial charge in [0, 0.05) is 36.3 Å². The highest BCUT2D eigenvalue weighted by molar-refractivity contribution is 5.98. The van der Waals surface area contributed by atoms with Gasteiger partial charge in [0.05, 0.1) is 11.2 Å². The van der Waals surface area contributed by atoms with Gasteiger partial charge < -0.3 is 16.4 Å². The van der Waals surface area contributed by atoms with E-state index in [-0.39, 0.29) is 5.91 Å². The smallest absolute Gasteiger partial charge is 0.220 e. The maximum Gasteiger partial charge on any atom is 0.220 e. The number of nitrogens with two attached hydrogens (primary N) is 1. The number of nitrogens with one attached hydrogen (secondary N) is 2. The number of carbonyl (C=O) groups excluding carboxylic acids is 1. The Hall–Kier alpha value is -2.30. The monoisotopic (exact) mass is 284 g/mol. The quantitative estimate of drug-likeness (QED) is 0.561. The molecule has 4 N–H and O–H groups in total. The first kappa shape index (κ1) is 13.7. The molecule has 2 aromatic rings. The number of hydrogen-bond donors (Lipinski definition) is 3. The fourth-order valence-corrected chi connectivity index (χ4v) is 2.35. The van der Waals surface area contributed by atoms with Gasteiger partial charge in [-0.2, -0.15) is 0 Å². The Balaban J connectivity index is 1.55. The molecule has 1 amide bonds. The molecule has 0 unspecified atom stereocenters. The molecule has 1 fully saturated rings. The van der Waals surface area contributed by atoms with Crippen LogP contribution in [-0.4, -0.2) is 23.5 Å².